The van der Waals surface area contributed by atoms with Crippen LogP contribution in [0.25, 0.3) is 11.1 Å². The lowest BCUT2D eigenvalue weighted by Crippen LogP contribution is -2.05. The zero-order chi connectivity index (χ0) is 18.5. The molecule has 27 heavy (non-hydrogen) atoms. The molecule has 0 radical (unpaired) electrons. The van der Waals surface area contributed by atoms with Crippen molar-refractivity contribution >= 4 is 0 Å². The molecule has 0 atom stereocenters. The van der Waals surface area contributed by atoms with Crippen molar-refractivity contribution in [2.24, 2.45) is 0 Å². The predicted octanol–water partition coefficient (Wildman–Crippen LogP) is 4.46. The van der Waals surface area contributed by atoms with Crippen LogP contribution in [0, 0.1) is 11.3 Å². The standard InChI is InChI=1S/C23H18N4/c24-13-19-8-6-18(7-9-19)12-23-15-25-17-27(23)16-22-11-10-21(14-26-22)20-4-2-1-3-5-20/h1-11,14-15,17H,12,16H2. The molecule has 0 amide bonds. The largest absolute Gasteiger partial charge is 0.328 e. The van der Waals surface area contributed by atoms with Gasteiger partial charge in [-0.15, -0.1) is 0 Å². The minimum Gasteiger partial charge on any atom is -0.328 e. The zero-order valence-electron chi connectivity index (χ0n) is 14.8. The van der Waals surface area contributed by atoms with Crippen LogP contribution >= 0.6 is 0 Å². The maximum atomic E-state index is 8.91. The smallest absolute Gasteiger partial charge is 0.0991 e. The summed E-state index contributed by atoms with van der Waals surface area (Å²) in [6.07, 6.45) is 6.41. The summed E-state index contributed by atoms with van der Waals surface area (Å²) in [6.45, 7) is 0.681. The first-order chi connectivity index (χ1) is 13.3. The van der Waals surface area contributed by atoms with Gasteiger partial charge in [0, 0.05) is 30.1 Å². The third kappa shape index (κ3) is 3.94. The average molecular weight is 350 g/mol. The van der Waals surface area contributed by atoms with Gasteiger partial charge >= 0.3 is 0 Å². The van der Waals surface area contributed by atoms with Crippen molar-refractivity contribution in [2.75, 3.05) is 0 Å². The van der Waals surface area contributed by atoms with E-state index in [-0.39, 0.29) is 0 Å². The number of nitriles is 1. The van der Waals surface area contributed by atoms with Crippen molar-refractivity contribution in [3.8, 4) is 17.2 Å². The van der Waals surface area contributed by atoms with Gasteiger partial charge in [0.25, 0.3) is 0 Å². The molecule has 4 aromatic rings. The first-order valence-corrected chi connectivity index (χ1v) is 8.80. The Balaban J connectivity index is 1.49. The highest BCUT2D eigenvalue weighted by Gasteiger charge is 2.06. The molecule has 0 saturated carbocycles. The first kappa shape index (κ1) is 16.7. The Morgan fingerprint density at radius 1 is 0.852 bits per heavy atom. The number of pyridine rings is 1. The topological polar surface area (TPSA) is 54.5 Å². The molecular weight excluding hydrogens is 332 g/mol. The van der Waals surface area contributed by atoms with Gasteiger partial charge in [-0.2, -0.15) is 5.26 Å². The second kappa shape index (κ2) is 7.67. The molecule has 0 aliphatic rings. The molecule has 4 rings (SSSR count). The fourth-order valence-corrected chi connectivity index (χ4v) is 3.04. The lowest BCUT2D eigenvalue weighted by Gasteiger charge is -2.09. The fourth-order valence-electron chi connectivity index (χ4n) is 3.04. The van der Waals surface area contributed by atoms with Crippen LogP contribution in [0.5, 0.6) is 0 Å². The van der Waals surface area contributed by atoms with Crippen LogP contribution in [0.4, 0.5) is 0 Å². The summed E-state index contributed by atoms with van der Waals surface area (Å²) in [7, 11) is 0. The Morgan fingerprint density at radius 2 is 1.67 bits per heavy atom. The summed E-state index contributed by atoms with van der Waals surface area (Å²) in [5.41, 5.74) is 6.23. The fraction of sp³-hybridized carbons (Fsp3) is 0.0870. The van der Waals surface area contributed by atoms with E-state index in [1.807, 2.05) is 61.2 Å². The highest BCUT2D eigenvalue weighted by atomic mass is 15.1. The van der Waals surface area contributed by atoms with Crippen LogP contribution < -0.4 is 0 Å². The molecule has 0 aliphatic heterocycles. The average Bonchev–Trinajstić information content (AvgIpc) is 3.16. The molecule has 0 unspecified atom stereocenters. The lowest BCUT2D eigenvalue weighted by atomic mass is 10.1. The van der Waals surface area contributed by atoms with Gasteiger partial charge in [-0.05, 0) is 29.3 Å². The number of aromatic nitrogens is 3. The molecule has 2 heterocycles. The number of hydrogen-bond donors (Lipinski definition) is 0. The third-order valence-corrected chi connectivity index (χ3v) is 4.53. The van der Waals surface area contributed by atoms with E-state index in [4.69, 9.17) is 5.26 Å². The number of benzene rings is 2. The molecule has 4 nitrogen and oxygen atoms in total. The van der Waals surface area contributed by atoms with Crippen molar-refractivity contribution < 1.29 is 0 Å². The minimum absolute atomic E-state index is 0.676. The summed E-state index contributed by atoms with van der Waals surface area (Å²) in [5, 5.41) is 8.91. The van der Waals surface area contributed by atoms with E-state index in [9.17, 15) is 0 Å². The van der Waals surface area contributed by atoms with Gasteiger partial charge in [-0.1, -0.05) is 48.5 Å². The molecule has 2 aromatic carbocycles. The second-order valence-electron chi connectivity index (χ2n) is 6.40. The van der Waals surface area contributed by atoms with Crippen molar-refractivity contribution in [2.45, 2.75) is 13.0 Å². The summed E-state index contributed by atoms with van der Waals surface area (Å²) in [4.78, 5) is 8.91. The van der Waals surface area contributed by atoms with Crippen molar-refractivity contribution in [3.05, 3.63) is 108 Å². The van der Waals surface area contributed by atoms with Gasteiger partial charge in [0.15, 0.2) is 0 Å². The zero-order valence-corrected chi connectivity index (χ0v) is 14.8. The number of rotatable bonds is 5. The van der Waals surface area contributed by atoms with Gasteiger partial charge in [-0.3, -0.25) is 4.98 Å². The van der Waals surface area contributed by atoms with Gasteiger partial charge < -0.3 is 4.57 Å². The van der Waals surface area contributed by atoms with E-state index in [2.05, 4.69) is 44.9 Å². The Labute approximate surface area is 158 Å². The number of hydrogen-bond acceptors (Lipinski definition) is 3. The molecule has 0 spiro atoms. The Kier molecular flexibility index (Phi) is 4.76. The molecule has 130 valence electrons. The maximum Gasteiger partial charge on any atom is 0.0991 e. The van der Waals surface area contributed by atoms with E-state index in [1.165, 1.54) is 5.56 Å². The minimum atomic E-state index is 0.676. The molecule has 0 N–H and O–H groups in total. The summed E-state index contributed by atoms with van der Waals surface area (Å²) >= 11 is 0. The summed E-state index contributed by atoms with van der Waals surface area (Å²) < 4.78 is 2.11. The van der Waals surface area contributed by atoms with E-state index in [0.717, 1.165) is 28.9 Å². The maximum absolute atomic E-state index is 8.91. The van der Waals surface area contributed by atoms with Gasteiger partial charge in [0.1, 0.15) is 0 Å². The normalized spacial score (nSPS) is 10.5. The lowest BCUT2D eigenvalue weighted by molar-refractivity contribution is 0.735. The van der Waals surface area contributed by atoms with Crippen LogP contribution in [0.15, 0.2) is 85.5 Å². The van der Waals surface area contributed by atoms with Crippen LogP contribution in [-0.2, 0) is 13.0 Å². The summed E-state index contributed by atoms with van der Waals surface area (Å²) in [6, 6.07) is 24.2. The third-order valence-electron chi connectivity index (χ3n) is 4.53. The van der Waals surface area contributed by atoms with Crippen LogP contribution in [0.3, 0.4) is 0 Å². The SMILES string of the molecule is N#Cc1ccc(Cc2cncn2Cc2ccc(-c3ccccc3)cn2)cc1. The molecular formula is C23H18N4. The molecule has 0 bridgehead atoms. The quantitative estimate of drug-likeness (QED) is 0.534. The predicted molar refractivity (Wildman–Crippen MR) is 105 cm³/mol. The second-order valence-corrected chi connectivity index (χ2v) is 6.40. The number of nitrogens with zero attached hydrogens (tertiary/aromatic N) is 4. The van der Waals surface area contributed by atoms with Crippen molar-refractivity contribution in [3.63, 3.8) is 0 Å². The Hall–Kier alpha value is -3.71. The van der Waals surface area contributed by atoms with Gasteiger partial charge in [0.05, 0.1) is 30.2 Å². The molecule has 4 heteroatoms. The van der Waals surface area contributed by atoms with Crippen molar-refractivity contribution in [1.82, 2.24) is 14.5 Å². The van der Waals surface area contributed by atoms with Gasteiger partial charge in [-0.25, -0.2) is 4.98 Å². The van der Waals surface area contributed by atoms with Crippen molar-refractivity contribution in [1.29, 1.82) is 5.26 Å². The van der Waals surface area contributed by atoms with Crippen LogP contribution in [0.2, 0.25) is 0 Å². The molecule has 0 fully saturated rings. The van der Waals surface area contributed by atoms with E-state index < -0.39 is 0 Å². The van der Waals surface area contributed by atoms with Gasteiger partial charge in [0.2, 0.25) is 0 Å². The first-order valence-electron chi connectivity index (χ1n) is 8.80. The highest BCUT2D eigenvalue weighted by molar-refractivity contribution is 5.62. The monoisotopic (exact) mass is 350 g/mol. The van der Waals surface area contributed by atoms with E-state index in [0.29, 0.717) is 12.1 Å². The van der Waals surface area contributed by atoms with Crippen LogP contribution in [0.1, 0.15) is 22.5 Å². The van der Waals surface area contributed by atoms with Crippen LogP contribution in [-0.4, -0.2) is 14.5 Å². The Morgan fingerprint density at radius 3 is 2.37 bits per heavy atom. The number of imidazole rings is 1. The Bertz CT molecular complexity index is 1060. The molecule has 0 saturated heterocycles. The molecule has 0 aliphatic carbocycles. The summed E-state index contributed by atoms with van der Waals surface area (Å²) in [5.74, 6) is 0. The van der Waals surface area contributed by atoms with E-state index in [1.54, 1.807) is 0 Å². The van der Waals surface area contributed by atoms with E-state index >= 15 is 0 Å². The molecule has 2 aromatic heterocycles. The highest BCUT2D eigenvalue weighted by Crippen LogP contribution is 2.18.